The maximum atomic E-state index is 5.59. The number of hydrogen-bond donors (Lipinski definition) is 0. The smallest absolute Gasteiger partial charge is 0.119 e. The zero-order valence-electron chi connectivity index (χ0n) is 9.49. The molecule has 0 atom stereocenters. The number of benzene rings is 1. The van der Waals surface area contributed by atoms with Gasteiger partial charge in [-0.15, -0.1) is 0 Å². The van der Waals surface area contributed by atoms with Crippen molar-refractivity contribution >= 4 is 0 Å². The second-order valence-corrected chi connectivity index (χ2v) is 3.58. The highest BCUT2D eigenvalue weighted by atomic mass is 16.5. The molecule has 1 heteroatoms. The van der Waals surface area contributed by atoms with Crippen molar-refractivity contribution in [3.8, 4) is 5.75 Å². The largest absolute Gasteiger partial charge is 0.494 e. The number of rotatable bonds is 7. The highest BCUT2D eigenvalue weighted by Crippen LogP contribution is 2.09. The average molecular weight is 204 g/mol. The molecule has 0 aliphatic heterocycles. The first-order valence-corrected chi connectivity index (χ1v) is 5.72. The average Bonchev–Trinajstić information content (AvgIpc) is 2.29. The van der Waals surface area contributed by atoms with Gasteiger partial charge in [0.05, 0.1) is 6.61 Å². The van der Waals surface area contributed by atoms with Crippen LogP contribution < -0.4 is 4.74 Å². The van der Waals surface area contributed by atoms with Crippen LogP contribution in [0.5, 0.6) is 5.75 Å². The van der Waals surface area contributed by atoms with Gasteiger partial charge in [0.1, 0.15) is 5.75 Å². The van der Waals surface area contributed by atoms with Crippen LogP contribution in [0.25, 0.3) is 0 Å². The van der Waals surface area contributed by atoms with Crippen LogP contribution in [-0.4, -0.2) is 6.61 Å². The van der Waals surface area contributed by atoms with Crippen LogP contribution >= 0.6 is 0 Å². The van der Waals surface area contributed by atoms with E-state index in [2.05, 4.69) is 19.1 Å². The molecule has 0 spiro atoms. The normalized spacial score (nSPS) is 10.7. The van der Waals surface area contributed by atoms with Gasteiger partial charge < -0.3 is 4.74 Å². The molecular weight excluding hydrogens is 184 g/mol. The molecule has 1 aromatic rings. The van der Waals surface area contributed by atoms with Crippen molar-refractivity contribution in [2.45, 2.75) is 32.6 Å². The second kappa shape index (κ2) is 8.10. The van der Waals surface area contributed by atoms with E-state index < -0.39 is 0 Å². The fourth-order valence-electron chi connectivity index (χ4n) is 1.41. The highest BCUT2D eigenvalue weighted by Gasteiger charge is 1.91. The maximum Gasteiger partial charge on any atom is 0.119 e. The van der Waals surface area contributed by atoms with Crippen LogP contribution in [0.1, 0.15) is 32.6 Å². The van der Waals surface area contributed by atoms with Crippen LogP contribution in [0.15, 0.2) is 42.5 Å². The van der Waals surface area contributed by atoms with Crippen LogP contribution in [0, 0.1) is 0 Å². The molecule has 1 aromatic carbocycles. The van der Waals surface area contributed by atoms with Gasteiger partial charge in [-0.1, -0.05) is 30.4 Å². The Morgan fingerprint density at radius 3 is 2.60 bits per heavy atom. The standard InChI is InChI=1S/C14H20O/c1-2-3-4-5-6-10-13-15-14-11-8-7-9-12-14/h2-3,7-9,11-12H,4-6,10,13H2,1H3/b3-2+. The first-order valence-electron chi connectivity index (χ1n) is 5.72. The van der Waals surface area contributed by atoms with Crippen molar-refractivity contribution in [2.24, 2.45) is 0 Å². The Labute approximate surface area is 92.8 Å². The Bertz CT molecular complexity index is 264. The topological polar surface area (TPSA) is 9.23 Å². The predicted molar refractivity (Wildman–Crippen MR) is 65.2 cm³/mol. The van der Waals surface area contributed by atoms with Gasteiger partial charge in [0.15, 0.2) is 0 Å². The summed E-state index contributed by atoms with van der Waals surface area (Å²) in [7, 11) is 0. The minimum atomic E-state index is 0.833. The molecule has 0 amide bonds. The third-order valence-corrected chi connectivity index (χ3v) is 2.26. The molecule has 0 fully saturated rings. The second-order valence-electron chi connectivity index (χ2n) is 3.58. The van der Waals surface area contributed by atoms with Gasteiger partial charge in [-0.25, -0.2) is 0 Å². The lowest BCUT2D eigenvalue weighted by molar-refractivity contribution is 0.305. The highest BCUT2D eigenvalue weighted by molar-refractivity contribution is 5.20. The summed E-state index contributed by atoms with van der Waals surface area (Å²) >= 11 is 0. The number of hydrogen-bond acceptors (Lipinski definition) is 1. The van der Waals surface area contributed by atoms with Crippen molar-refractivity contribution < 1.29 is 4.74 Å². The summed E-state index contributed by atoms with van der Waals surface area (Å²) in [6.45, 7) is 2.90. The summed E-state index contributed by atoms with van der Waals surface area (Å²) in [6.07, 6.45) is 9.19. The van der Waals surface area contributed by atoms with Crippen molar-refractivity contribution in [2.75, 3.05) is 6.61 Å². The molecule has 0 unspecified atom stereocenters. The van der Waals surface area contributed by atoms with E-state index in [0.717, 1.165) is 18.8 Å². The van der Waals surface area contributed by atoms with E-state index in [0.29, 0.717) is 0 Å². The summed E-state index contributed by atoms with van der Waals surface area (Å²) in [5.41, 5.74) is 0. The molecule has 0 bridgehead atoms. The Morgan fingerprint density at radius 2 is 1.87 bits per heavy atom. The summed E-state index contributed by atoms with van der Waals surface area (Å²) in [5, 5.41) is 0. The molecule has 0 aliphatic rings. The Hall–Kier alpha value is -1.24. The van der Waals surface area contributed by atoms with E-state index in [1.54, 1.807) is 0 Å². The molecule has 0 aromatic heterocycles. The molecule has 1 rings (SSSR count). The number of unbranched alkanes of at least 4 members (excludes halogenated alkanes) is 3. The van der Waals surface area contributed by atoms with Gasteiger partial charge in [-0.05, 0) is 44.7 Å². The molecule has 0 saturated heterocycles. The molecule has 82 valence electrons. The minimum absolute atomic E-state index is 0.833. The molecule has 0 radical (unpaired) electrons. The van der Waals surface area contributed by atoms with Gasteiger partial charge in [-0.3, -0.25) is 0 Å². The number of allylic oxidation sites excluding steroid dienone is 2. The van der Waals surface area contributed by atoms with Gasteiger partial charge in [-0.2, -0.15) is 0 Å². The lowest BCUT2D eigenvalue weighted by Crippen LogP contribution is -1.96. The summed E-state index contributed by atoms with van der Waals surface area (Å²) in [6, 6.07) is 10.0. The van der Waals surface area contributed by atoms with Crippen LogP contribution in [-0.2, 0) is 0 Å². The van der Waals surface area contributed by atoms with Gasteiger partial charge in [0.2, 0.25) is 0 Å². The Kier molecular flexibility index (Phi) is 6.39. The Morgan fingerprint density at radius 1 is 1.07 bits per heavy atom. The van der Waals surface area contributed by atoms with Gasteiger partial charge in [0.25, 0.3) is 0 Å². The van der Waals surface area contributed by atoms with Crippen LogP contribution in [0.4, 0.5) is 0 Å². The van der Waals surface area contributed by atoms with E-state index >= 15 is 0 Å². The summed E-state index contributed by atoms with van der Waals surface area (Å²) in [4.78, 5) is 0. The molecular formula is C14H20O. The number of para-hydroxylation sites is 1. The molecule has 0 aliphatic carbocycles. The minimum Gasteiger partial charge on any atom is -0.494 e. The summed E-state index contributed by atoms with van der Waals surface area (Å²) in [5.74, 6) is 0.978. The first-order chi connectivity index (χ1) is 7.43. The fraction of sp³-hybridized carbons (Fsp3) is 0.429. The Balaban J connectivity index is 1.98. The monoisotopic (exact) mass is 204 g/mol. The van der Waals surface area contributed by atoms with E-state index in [1.165, 1.54) is 19.3 Å². The lowest BCUT2D eigenvalue weighted by Gasteiger charge is -2.04. The molecule has 0 saturated carbocycles. The van der Waals surface area contributed by atoms with E-state index in [-0.39, 0.29) is 0 Å². The number of ether oxygens (including phenoxy) is 1. The quantitative estimate of drug-likeness (QED) is 0.477. The lowest BCUT2D eigenvalue weighted by atomic mass is 10.2. The predicted octanol–water partition coefficient (Wildman–Crippen LogP) is 4.20. The van der Waals surface area contributed by atoms with Gasteiger partial charge >= 0.3 is 0 Å². The van der Waals surface area contributed by atoms with Crippen molar-refractivity contribution in [3.63, 3.8) is 0 Å². The van der Waals surface area contributed by atoms with Crippen molar-refractivity contribution in [1.82, 2.24) is 0 Å². The third kappa shape index (κ3) is 5.95. The van der Waals surface area contributed by atoms with E-state index in [1.807, 2.05) is 30.3 Å². The van der Waals surface area contributed by atoms with E-state index in [4.69, 9.17) is 4.74 Å². The first kappa shape index (κ1) is 11.8. The zero-order chi connectivity index (χ0) is 10.8. The molecule has 15 heavy (non-hydrogen) atoms. The van der Waals surface area contributed by atoms with Crippen molar-refractivity contribution in [3.05, 3.63) is 42.5 Å². The molecule has 0 heterocycles. The SMILES string of the molecule is C/C=C/CCCCCOc1ccccc1. The molecule has 0 N–H and O–H groups in total. The van der Waals surface area contributed by atoms with Crippen molar-refractivity contribution in [1.29, 1.82) is 0 Å². The van der Waals surface area contributed by atoms with Crippen LogP contribution in [0.2, 0.25) is 0 Å². The molecule has 1 nitrogen and oxygen atoms in total. The van der Waals surface area contributed by atoms with E-state index in [9.17, 15) is 0 Å². The summed E-state index contributed by atoms with van der Waals surface area (Å²) < 4.78 is 5.59. The maximum absolute atomic E-state index is 5.59. The van der Waals surface area contributed by atoms with Gasteiger partial charge in [0, 0.05) is 0 Å². The van der Waals surface area contributed by atoms with Crippen LogP contribution in [0.3, 0.4) is 0 Å². The zero-order valence-corrected chi connectivity index (χ0v) is 9.49. The third-order valence-electron chi connectivity index (χ3n) is 2.26. The fourth-order valence-corrected chi connectivity index (χ4v) is 1.41.